The van der Waals surface area contributed by atoms with Crippen LogP contribution in [0.3, 0.4) is 0 Å². The first kappa shape index (κ1) is 14.3. The summed E-state index contributed by atoms with van der Waals surface area (Å²) in [6, 6.07) is 8.31. The van der Waals surface area contributed by atoms with Crippen molar-refractivity contribution in [2.45, 2.75) is 6.42 Å². The van der Waals surface area contributed by atoms with E-state index in [0.717, 1.165) is 0 Å². The van der Waals surface area contributed by atoms with Crippen molar-refractivity contribution in [1.82, 2.24) is 0 Å². The van der Waals surface area contributed by atoms with E-state index in [0.29, 0.717) is 14.5 Å². The van der Waals surface area contributed by atoms with E-state index in [1.165, 1.54) is 30.3 Å². The molecule has 0 aromatic heterocycles. The van der Waals surface area contributed by atoms with Crippen LogP contribution in [0.2, 0.25) is 0 Å². The van der Waals surface area contributed by atoms with Crippen LogP contribution in [0.4, 0.5) is 8.78 Å². The molecule has 5 heteroatoms. The van der Waals surface area contributed by atoms with E-state index in [1.54, 1.807) is 6.07 Å². The van der Waals surface area contributed by atoms with Crippen molar-refractivity contribution in [3.8, 4) is 0 Å². The second kappa shape index (κ2) is 5.92. The van der Waals surface area contributed by atoms with Crippen LogP contribution in [0.1, 0.15) is 15.9 Å². The maximum Gasteiger partial charge on any atom is 0.167 e. The van der Waals surface area contributed by atoms with Gasteiger partial charge in [0, 0.05) is 16.5 Å². The van der Waals surface area contributed by atoms with E-state index in [4.69, 9.17) is 0 Å². The molecule has 1 nitrogen and oxygen atoms in total. The molecule has 0 bridgehead atoms. The van der Waals surface area contributed by atoms with Crippen LogP contribution in [0, 0.1) is 11.6 Å². The predicted molar refractivity (Wildman–Crippen MR) is 76.2 cm³/mol. The normalized spacial score (nSPS) is 10.5. The molecule has 98 valence electrons. The lowest BCUT2D eigenvalue weighted by molar-refractivity contribution is 0.0992. The molecule has 0 aliphatic carbocycles. The van der Waals surface area contributed by atoms with Gasteiger partial charge in [-0.05, 0) is 51.8 Å². The quantitative estimate of drug-likeness (QED) is 0.681. The molecule has 0 fully saturated rings. The number of Topliss-reactive ketones (excluding diaryl/α,β-unsaturated/α-hetero) is 1. The second-order valence-corrected chi connectivity index (χ2v) is 5.67. The number of halogens is 4. The minimum absolute atomic E-state index is 0.0133. The van der Waals surface area contributed by atoms with Gasteiger partial charge in [-0.25, -0.2) is 8.78 Å². The first-order valence-electron chi connectivity index (χ1n) is 5.39. The lowest BCUT2D eigenvalue weighted by atomic mass is 10.0. The minimum atomic E-state index is -0.496. The summed E-state index contributed by atoms with van der Waals surface area (Å²) in [5, 5.41) is 0. The molecule has 0 unspecified atom stereocenters. The molecule has 0 saturated carbocycles. The summed E-state index contributed by atoms with van der Waals surface area (Å²) in [5.41, 5.74) is 0.796. The summed E-state index contributed by atoms with van der Waals surface area (Å²) < 4.78 is 27.4. The van der Waals surface area contributed by atoms with Gasteiger partial charge in [0.2, 0.25) is 0 Å². The van der Waals surface area contributed by atoms with Crippen LogP contribution in [-0.4, -0.2) is 5.78 Å². The van der Waals surface area contributed by atoms with E-state index in [-0.39, 0.29) is 17.8 Å². The highest BCUT2D eigenvalue weighted by Gasteiger charge is 2.12. The maximum atomic E-state index is 13.4. The van der Waals surface area contributed by atoms with Gasteiger partial charge in [0.15, 0.2) is 5.78 Å². The van der Waals surface area contributed by atoms with Gasteiger partial charge < -0.3 is 0 Å². The van der Waals surface area contributed by atoms with Crippen molar-refractivity contribution in [2.24, 2.45) is 0 Å². The predicted octanol–water partition coefficient (Wildman–Crippen LogP) is 4.92. The Balaban J connectivity index is 2.25. The Labute approximate surface area is 125 Å². The molecule has 0 radical (unpaired) electrons. The van der Waals surface area contributed by atoms with Gasteiger partial charge in [-0.3, -0.25) is 4.79 Å². The zero-order chi connectivity index (χ0) is 14.0. The Morgan fingerprint density at radius 1 is 1.00 bits per heavy atom. The molecular formula is C14H8Br2F2O. The first-order chi connectivity index (χ1) is 8.97. The number of ketones is 1. The lowest BCUT2D eigenvalue weighted by Crippen LogP contribution is -2.05. The molecule has 0 spiro atoms. The summed E-state index contributed by atoms with van der Waals surface area (Å²) in [4.78, 5) is 12.0. The fourth-order valence-electron chi connectivity index (χ4n) is 1.62. The number of benzene rings is 2. The SMILES string of the molecule is O=C(Cc1cc(F)ccc1Br)c1ccc(Br)c(F)c1. The molecule has 0 aliphatic heterocycles. The third kappa shape index (κ3) is 3.48. The van der Waals surface area contributed by atoms with Gasteiger partial charge in [0.25, 0.3) is 0 Å². The number of hydrogen-bond donors (Lipinski definition) is 0. The molecule has 0 amide bonds. The van der Waals surface area contributed by atoms with Crippen molar-refractivity contribution in [3.63, 3.8) is 0 Å². The van der Waals surface area contributed by atoms with E-state index in [9.17, 15) is 13.6 Å². The Hall–Kier alpha value is -1.07. The fourth-order valence-corrected chi connectivity index (χ4v) is 2.26. The van der Waals surface area contributed by atoms with Crippen LogP contribution in [0.15, 0.2) is 45.3 Å². The van der Waals surface area contributed by atoms with E-state index in [2.05, 4.69) is 31.9 Å². The summed E-state index contributed by atoms with van der Waals surface area (Å²) in [6.07, 6.45) is 0.0133. The summed E-state index contributed by atoms with van der Waals surface area (Å²) in [7, 11) is 0. The molecule has 19 heavy (non-hydrogen) atoms. The Bertz CT molecular complexity index is 641. The van der Waals surface area contributed by atoms with Crippen molar-refractivity contribution in [3.05, 3.63) is 68.1 Å². The number of carbonyl (C=O) groups is 1. The standard InChI is InChI=1S/C14H8Br2F2O/c15-11-4-2-10(17)5-9(11)7-14(19)8-1-3-12(16)13(18)6-8/h1-6H,7H2. The van der Waals surface area contributed by atoms with Crippen LogP contribution in [0.25, 0.3) is 0 Å². The zero-order valence-electron chi connectivity index (χ0n) is 9.59. The highest BCUT2D eigenvalue weighted by Crippen LogP contribution is 2.21. The zero-order valence-corrected chi connectivity index (χ0v) is 12.8. The summed E-state index contributed by atoms with van der Waals surface area (Å²) in [6.45, 7) is 0. The van der Waals surface area contributed by atoms with Gasteiger partial charge in [0.05, 0.1) is 4.47 Å². The molecular weight excluding hydrogens is 382 g/mol. The highest BCUT2D eigenvalue weighted by molar-refractivity contribution is 9.10. The Kier molecular flexibility index (Phi) is 4.47. The third-order valence-electron chi connectivity index (χ3n) is 2.60. The molecule has 0 aliphatic rings. The third-order valence-corrected chi connectivity index (χ3v) is 4.02. The number of rotatable bonds is 3. The second-order valence-electron chi connectivity index (χ2n) is 3.96. The topological polar surface area (TPSA) is 17.1 Å². The summed E-state index contributed by atoms with van der Waals surface area (Å²) >= 11 is 6.28. The van der Waals surface area contributed by atoms with Crippen molar-refractivity contribution >= 4 is 37.6 Å². The molecule has 0 atom stereocenters. The van der Waals surface area contributed by atoms with Gasteiger partial charge in [-0.1, -0.05) is 22.0 Å². The maximum absolute atomic E-state index is 13.4. The van der Waals surface area contributed by atoms with E-state index < -0.39 is 11.6 Å². The average Bonchev–Trinajstić information content (AvgIpc) is 2.37. The fraction of sp³-hybridized carbons (Fsp3) is 0.0714. The van der Waals surface area contributed by atoms with Crippen LogP contribution >= 0.6 is 31.9 Å². The Morgan fingerprint density at radius 3 is 2.37 bits per heavy atom. The highest BCUT2D eigenvalue weighted by atomic mass is 79.9. The summed E-state index contributed by atoms with van der Waals surface area (Å²) in [5.74, 6) is -1.17. The lowest BCUT2D eigenvalue weighted by Gasteiger charge is -2.05. The molecule has 0 heterocycles. The molecule has 2 aromatic carbocycles. The monoisotopic (exact) mass is 388 g/mol. The smallest absolute Gasteiger partial charge is 0.167 e. The van der Waals surface area contributed by atoms with Gasteiger partial charge in [-0.15, -0.1) is 0 Å². The van der Waals surface area contributed by atoms with Crippen molar-refractivity contribution < 1.29 is 13.6 Å². The molecule has 2 rings (SSSR count). The average molecular weight is 390 g/mol. The van der Waals surface area contributed by atoms with Crippen LogP contribution < -0.4 is 0 Å². The number of hydrogen-bond acceptors (Lipinski definition) is 1. The largest absolute Gasteiger partial charge is 0.294 e. The van der Waals surface area contributed by atoms with E-state index in [1.807, 2.05) is 0 Å². The van der Waals surface area contributed by atoms with Crippen molar-refractivity contribution in [2.75, 3.05) is 0 Å². The molecule has 2 aromatic rings. The molecule has 0 saturated heterocycles. The van der Waals surface area contributed by atoms with Gasteiger partial charge in [-0.2, -0.15) is 0 Å². The first-order valence-corrected chi connectivity index (χ1v) is 6.98. The van der Waals surface area contributed by atoms with Gasteiger partial charge in [0.1, 0.15) is 11.6 Å². The minimum Gasteiger partial charge on any atom is -0.294 e. The number of carbonyl (C=O) groups excluding carboxylic acids is 1. The Morgan fingerprint density at radius 2 is 1.68 bits per heavy atom. The van der Waals surface area contributed by atoms with Crippen molar-refractivity contribution in [1.29, 1.82) is 0 Å². The van der Waals surface area contributed by atoms with Crippen LogP contribution in [-0.2, 0) is 6.42 Å². The van der Waals surface area contributed by atoms with Gasteiger partial charge >= 0.3 is 0 Å². The van der Waals surface area contributed by atoms with Crippen LogP contribution in [0.5, 0.6) is 0 Å². The van der Waals surface area contributed by atoms with E-state index >= 15 is 0 Å². The molecule has 0 N–H and O–H groups in total.